The topological polar surface area (TPSA) is 24.9 Å². The van der Waals surface area contributed by atoms with Crippen molar-refractivity contribution in [3.63, 3.8) is 0 Å². The summed E-state index contributed by atoms with van der Waals surface area (Å²) in [5, 5.41) is 4.30. The first-order valence-corrected chi connectivity index (χ1v) is 5.25. The Bertz CT molecular complexity index is 480. The van der Waals surface area contributed by atoms with Gasteiger partial charge in [0.15, 0.2) is 0 Å². The highest BCUT2D eigenvalue weighted by molar-refractivity contribution is 9.10. The van der Waals surface area contributed by atoms with Gasteiger partial charge in [0, 0.05) is 28.8 Å². The van der Waals surface area contributed by atoms with E-state index in [2.05, 4.69) is 45.3 Å². The molecule has 2 aromatic rings. The Morgan fingerprint density at radius 3 is 2.79 bits per heavy atom. The van der Waals surface area contributed by atoms with Gasteiger partial charge in [0.1, 0.15) is 0 Å². The Kier molecular flexibility index (Phi) is 2.42. The first-order chi connectivity index (χ1) is 6.74. The smallest absolute Gasteiger partial charge is 0.0867 e. The number of nitrogens with zero attached hydrogens (tertiary/aromatic N) is 1. The first-order valence-electron chi connectivity index (χ1n) is 4.45. The van der Waals surface area contributed by atoms with Gasteiger partial charge in [-0.3, -0.25) is 4.98 Å². The van der Waals surface area contributed by atoms with Gasteiger partial charge in [0.25, 0.3) is 0 Å². The van der Waals surface area contributed by atoms with Crippen molar-refractivity contribution in [2.45, 2.75) is 6.92 Å². The summed E-state index contributed by atoms with van der Waals surface area (Å²) in [6.07, 6.45) is 1.82. The molecule has 0 radical (unpaired) electrons. The summed E-state index contributed by atoms with van der Waals surface area (Å²) in [5.74, 6) is 0. The predicted molar refractivity (Wildman–Crippen MR) is 63.7 cm³/mol. The van der Waals surface area contributed by atoms with E-state index in [0.29, 0.717) is 0 Å². The minimum atomic E-state index is 1.01. The van der Waals surface area contributed by atoms with Crippen LogP contribution in [-0.2, 0) is 0 Å². The Labute approximate surface area is 91.5 Å². The number of fused-ring (bicyclic) bond motifs is 1. The van der Waals surface area contributed by atoms with Crippen molar-refractivity contribution < 1.29 is 0 Å². The second-order valence-electron chi connectivity index (χ2n) is 3.20. The number of hydrogen-bond donors (Lipinski definition) is 1. The van der Waals surface area contributed by atoms with Gasteiger partial charge in [-0.05, 0) is 34.5 Å². The highest BCUT2D eigenvalue weighted by Crippen LogP contribution is 2.29. The van der Waals surface area contributed by atoms with E-state index in [0.717, 1.165) is 21.1 Å². The van der Waals surface area contributed by atoms with Gasteiger partial charge in [0.05, 0.1) is 5.52 Å². The lowest BCUT2D eigenvalue weighted by Crippen LogP contribution is -1.92. The van der Waals surface area contributed by atoms with Crippen molar-refractivity contribution in [2.24, 2.45) is 0 Å². The van der Waals surface area contributed by atoms with Crippen molar-refractivity contribution in [3.8, 4) is 0 Å². The van der Waals surface area contributed by atoms with E-state index in [9.17, 15) is 0 Å². The Hall–Kier alpha value is -1.09. The molecule has 1 aromatic carbocycles. The third kappa shape index (κ3) is 1.38. The van der Waals surface area contributed by atoms with Gasteiger partial charge in [-0.2, -0.15) is 0 Å². The molecule has 0 amide bonds. The van der Waals surface area contributed by atoms with Crippen LogP contribution in [0, 0.1) is 6.92 Å². The van der Waals surface area contributed by atoms with Gasteiger partial charge in [-0.1, -0.05) is 12.1 Å². The lowest BCUT2D eigenvalue weighted by Gasteiger charge is -2.07. The fourth-order valence-electron chi connectivity index (χ4n) is 1.50. The van der Waals surface area contributed by atoms with E-state index < -0.39 is 0 Å². The zero-order chi connectivity index (χ0) is 10.1. The molecule has 2 nitrogen and oxygen atoms in total. The Balaban J connectivity index is 2.86. The summed E-state index contributed by atoms with van der Waals surface area (Å²) in [6, 6.07) is 6.16. The molecule has 1 N–H and O–H groups in total. The van der Waals surface area contributed by atoms with Crippen LogP contribution in [0.3, 0.4) is 0 Å². The largest absolute Gasteiger partial charge is 0.388 e. The molecule has 0 unspecified atom stereocenters. The summed E-state index contributed by atoms with van der Waals surface area (Å²) in [7, 11) is 1.92. The van der Waals surface area contributed by atoms with Crippen molar-refractivity contribution in [3.05, 3.63) is 34.4 Å². The number of nitrogens with one attached hydrogen (secondary N) is 1. The molecule has 0 bridgehead atoms. The Morgan fingerprint density at radius 2 is 2.07 bits per heavy atom. The molecule has 0 fully saturated rings. The van der Waals surface area contributed by atoms with E-state index in [1.165, 1.54) is 5.56 Å². The second-order valence-corrected chi connectivity index (χ2v) is 3.99. The monoisotopic (exact) mass is 250 g/mol. The fraction of sp³-hybridized carbons (Fsp3) is 0.182. The number of hydrogen-bond acceptors (Lipinski definition) is 2. The molecule has 3 heteroatoms. The van der Waals surface area contributed by atoms with Crippen LogP contribution in [0.4, 0.5) is 5.69 Å². The van der Waals surface area contributed by atoms with Crippen LogP contribution in [0.25, 0.3) is 10.9 Å². The van der Waals surface area contributed by atoms with Gasteiger partial charge in [-0.25, -0.2) is 0 Å². The second kappa shape index (κ2) is 3.58. The van der Waals surface area contributed by atoms with E-state index in [-0.39, 0.29) is 0 Å². The molecule has 0 saturated heterocycles. The molecule has 1 heterocycles. The maximum Gasteiger partial charge on any atom is 0.0867 e. The maximum atomic E-state index is 4.36. The third-order valence-corrected chi connectivity index (χ3v) is 3.31. The van der Waals surface area contributed by atoms with Crippen LogP contribution in [0.1, 0.15) is 5.56 Å². The number of halogens is 1. The lowest BCUT2D eigenvalue weighted by atomic mass is 10.1. The van der Waals surface area contributed by atoms with Crippen LogP contribution in [0.5, 0.6) is 0 Å². The van der Waals surface area contributed by atoms with Gasteiger partial charge in [0.2, 0.25) is 0 Å². The minimum Gasteiger partial charge on any atom is -0.388 e. The van der Waals surface area contributed by atoms with Crippen LogP contribution in [0.15, 0.2) is 28.9 Å². The molecule has 14 heavy (non-hydrogen) atoms. The maximum absolute atomic E-state index is 4.36. The normalized spacial score (nSPS) is 10.5. The Morgan fingerprint density at radius 1 is 1.29 bits per heavy atom. The number of aryl methyl sites for hydroxylation is 1. The van der Waals surface area contributed by atoms with Crippen LogP contribution in [0.2, 0.25) is 0 Å². The number of pyridine rings is 1. The van der Waals surface area contributed by atoms with Gasteiger partial charge >= 0.3 is 0 Å². The summed E-state index contributed by atoms with van der Waals surface area (Å²) in [6.45, 7) is 2.07. The van der Waals surface area contributed by atoms with Gasteiger partial charge < -0.3 is 5.32 Å². The van der Waals surface area contributed by atoms with Crippen LogP contribution < -0.4 is 5.32 Å². The van der Waals surface area contributed by atoms with Gasteiger partial charge in [-0.15, -0.1) is 0 Å². The molecule has 0 aliphatic carbocycles. The zero-order valence-corrected chi connectivity index (χ0v) is 9.72. The van der Waals surface area contributed by atoms with Crippen molar-refractivity contribution >= 4 is 32.5 Å². The lowest BCUT2D eigenvalue weighted by molar-refractivity contribution is 1.36. The molecular weight excluding hydrogens is 240 g/mol. The average Bonchev–Trinajstić information content (AvgIpc) is 2.23. The number of anilines is 1. The van der Waals surface area contributed by atoms with Crippen molar-refractivity contribution in [1.29, 1.82) is 0 Å². The molecular formula is C11H11BrN2. The molecule has 0 saturated carbocycles. The summed E-state index contributed by atoms with van der Waals surface area (Å²) >= 11 is 3.55. The SMILES string of the molecule is CNc1ccnc2c(Br)c(C)ccc12. The summed E-state index contributed by atoms with van der Waals surface area (Å²) in [4.78, 5) is 4.36. The molecule has 72 valence electrons. The number of aromatic nitrogens is 1. The van der Waals surface area contributed by atoms with Crippen molar-refractivity contribution in [2.75, 3.05) is 12.4 Å². The summed E-state index contributed by atoms with van der Waals surface area (Å²) < 4.78 is 1.08. The molecule has 1 aromatic heterocycles. The van der Waals surface area contributed by atoms with E-state index >= 15 is 0 Å². The average molecular weight is 251 g/mol. The fourth-order valence-corrected chi connectivity index (χ4v) is 1.95. The highest BCUT2D eigenvalue weighted by atomic mass is 79.9. The predicted octanol–water partition coefficient (Wildman–Crippen LogP) is 3.35. The van der Waals surface area contributed by atoms with Crippen LogP contribution in [-0.4, -0.2) is 12.0 Å². The number of rotatable bonds is 1. The van der Waals surface area contributed by atoms with Crippen molar-refractivity contribution in [1.82, 2.24) is 4.98 Å². The molecule has 0 atom stereocenters. The first kappa shape index (κ1) is 9.46. The van der Waals surface area contributed by atoms with E-state index in [1.807, 2.05) is 19.3 Å². The van der Waals surface area contributed by atoms with E-state index in [4.69, 9.17) is 0 Å². The highest BCUT2D eigenvalue weighted by Gasteiger charge is 2.05. The zero-order valence-electron chi connectivity index (χ0n) is 8.13. The molecule has 2 rings (SSSR count). The third-order valence-electron chi connectivity index (χ3n) is 2.31. The van der Waals surface area contributed by atoms with Crippen LogP contribution >= 0.6 is 15.9 Å². The molecule has 0 aliphatic heterocycles. The summed E-state index contributed by atoms with van der Waals surface area (Å²) in [5.41, 5.74) is 3.32. The minimum absolute atomic E-state index is 1.01. The number of benzene rings is 1. The quantitative estimate of drug-likeness (QED) is 0.840. The molecule has 0 aliphatic rings. The van der Waals surface area contributed by atoms with E-state index in [1.54, 1.807) is 0 Å². The molecule has 0 spiro atoms. The standard InChI is InChI=1S/C11H11BrN2/c1-7-3-4-8-9(13-2)5-6-14-11(8)10(7)12/h3-6H,1-2H3,(H,13,14).